The van der Waals surface area contributed by atoms with Gasteiger partial charge in [-0.05, 0) is 45.2 Å². The third-order valence-electron chi connectivity index (χ3n) is 2.64. The van der Waals surface area contributed by atoms with E-state index in [2.05, 4.69) is 0 Å². The van der Waals surface area contributed by atoms with Crippen LogP contribution in [0, 0.1) is 6.92 Å². The molecule has 0 heterocycles. The lowest BCUT2D eigenvalue weighted by molar-refractivity contribution is 0.0204. The minimum atomic E-state index is -0.869. The Morgan fingerprint density at radius 1 is 1.20 bits per heavy atom. The minimum Gasteiger partial charge on any atom is -0.428 e. The first-order valence-corrected chi connectivity index (χ1v) is 6.66. The molecular weight excluding hydrogens is 256 g/mol. The first-order valence-electron chi connectivity index (χ1n) is 6.66. The van der Waals surface area contributed by atoms with Crippen molar-refractivity contribution < 1.29 is 14.3 Å². The lowest BCUT2D eigenvalue weighted by Crippen LogP contribution is -2.27. The van der Waals surface area contributed by atoms with Crippen molar-refractivity contribution >= 4 is 6.16 Å². The molecule has 0 fully saturated rings. The summed E-state index contributed by atoms with van der Waals surface area (Å²) >= 11 is 0. The van der Waals surface area contributed by atoms with Gasteiger partial charge in [0.25, 0.3) is 0 Å². The highest BCUT2D eigenvalue weighted by atomic mass is 16.7. The third kappa shape index (κ3) is 4.68. The number of aryl methyl sites for hydroxylation is 1. The molecule has 0 aliphatic heterocycles. The van der Waals surface area contributed by atoms with Crippen molar-refractivity contribution in [2.45, 2.75) is 53.1 Å². The normalized spacial score (nSPS) is 11.3. The molecule has 4 nitrogen and oxygen atoms in total. The van der Waals surface area contributed by atoms with Gasteiger partial charge in [0.15, 0.2) is 5.75 Å². The molecule has 0 saturated carbocycles. The molecule has 1 aromatic carbocycles. The Balaban J connectivity index is 3.09. The molecule has 0 atom stereocenters. The lowest BCUT2D eigenvalue weighted by atomic mass is 10.0. The molecule has 1 rings (SSSR count). The highest BCUT2D eigenvalue weighted by Gasteiger charge is 2.19. The monoisotopic (exact) mass is 278 g/mol. The van der Waals surface area contributed by atoms with Crippen LogP contribution in [0.5, 0.6) is 5.75 Å². The Morgan fingerprint density at radius 2 is 1.80 bits per heavy atom. The smallest absolute Gasteiger partial charge is 0.428 e. The molecule has 0 unspecified atom stereocenters. The molecule has 0 spiro atoms. The van der Waals surface area contributed by atoms with E-state index in [1.165, 1.54) is 6.07 Å². The minimum absolute atomic E-state index is 0.0105. The van der Waals surface area contributed by atoms with Gasteiger partial charge in [0, 0.05) is 5.56 Å². The van der Waals surface area contributed by atoms with Crippen molar-refractivity contribution in [3.05, 3.63) is 39.5 Å². The summed E-state index contributed by atoms with van der Waals surface area (Å²) in [7, 11) is 0. The summed E-state index contributed by atoms with van der Waals surface area (Å²) in [4.78, 5) is 23.7. The SMILES string of the molecule is Cc1cc(C(C)C)ccc(OC(=O)OC(C)(C)C)c1=O. The maximum atomic E-state index is 12.1. The fraction of sp³-hybridized carbons (Fsp3) is 0.500. The Labute approximate surface area is 119 Å². The summed E-state index contributed by atoms with van der Waals surface area (Å²) in [5.74, 6) is 0.276. The number of carbonyl (C=O) groups is 1. The predicted octanol–water partition coefficient (Wildman–Crippen LogP) is 3.79. The Morgan fingerprint density at radius 3 is 2.30 bits per heavy atom. The van der Waals surface area contributed by atoms with Crippen molar-refractivity contribution in [2.24, 2.45) is 0 Å². The van der Waals surface area contributed by atoms with Gasteiger partial charge >= 0.3 is 6.16 Å². The van der Waals surface area contributed by atoms with Gasteiger partial charge in [-0.1, -0.05) is 26.0 Å². The number of hydrogen-bond donors (Lipinski definition) is 0. The summed E-state index contributed by atoms with van der Waals surface area (Å²) in [6.45, 7) is 11.0. The molecule has 110 valence electrons. The lowest BCUT2D eigenvalue weighted by Gasteiger charge is -2.18. The van der Waals surface area contributed by atoms with Crippen molar-refractivity contribution in [3.63, 3.8) is 0 Å². The fourth-order valence-corrected chi connectivity index (χ4v) is 1.61. The molecule has 0 radical (unpaired) electrons. The van der Waals surface area contributed by atoms with Crippen LogP contribution in [-0.2, 0) is 4.74 Å². The largest absolute Gasteiger partial charge is 0.514 e. The van der Waals surface area contributed by atoms with Crippen LogP contribution in [0.4, 0.5) is 4.79 Å². The van der Waals surface area contributed by atoms with E-state index in [4.69, 9.17) is 9.47 Å². The third-order valence-corrected chi connectivity index (χ3v) is 2.64. The van der Waals surface area contributed by atoms with Crippen molar-refractivity contribution in [2.75, 3.05) is 0 Å². The molecule has 0 aliphatic carbocycles. The van der Waals surface area contributed by atoms with E-state index in [1.54, 1.807) is 33.8 Å². The topological polar surface area (TPSA) is 52.6 Å². The maximum absolute atomic E-state index is 12.1. The zero-order valence-electron chi connectivity index (χ0n) is 12.9. The van der Waals surface area contributed by atoms with Crippen LogP contribution < -0.4 is 10.2 Å². The summed E-state index contributed by atoms with van der Waals surface area (Å²) in [5.41, 5.74) is 0.591. The van der Waals surface area contributed by atoms with Crippen molar-refractivity contribution in [3.8, 4) is 5.75 Å². The van der Waals surface area contributed by atoms with E-state index in [9.17, 15) is 9.59 Å². The Bertz CT molecular complexity index is 553. The van der Waals surface area contributed by atoms with E-state index in [-0.39, 0.29) is 17.1 Å². The van der Waals surface area contributed by atoms with Crippen LogP contribution in [-0.4, -0.2) is 11.8 Å². The number of ether oxygens (including phenoxy) is 2. The van der Waals surface area contributed by atoms with Gasteiger partial charge in [-0.25, -0.2) is 4.79 Å². The quantitative estimate of drug-likeness (QED) is 0.772. The second-order valence-electron chi connectivity index (χ2n) is 6.08. The number of hydrogen-bond acceptors (Lipinski definition) is 4. The molecule has 0 aromatic heterocycles. The van der Waals surface area contributed by atoms with E-state index >= 15 is 0 Å². The second kappa shape index (κ2) is 6.07. The Kier molecular flexibility index (Phi) is 4.93. The van der Waals surface area contributed by atoms with Crippen molar-refractivity contribution in [1.29, 1.82) is 0 Å². The molecule has 0 saturated heterocycles. The second-order valence-corrected chi connectivity index (χ2v) is 6.08. The van der Waals surface area contributed by atoms with E-state index in [0.717, 1.165) is 5.56 Å². The van der Waals surface area contributed by atoms with Crippen molar-refractivity contribution in [1.82, 2.24) is 0 Å². The van der Waals surface area contributed by atoms with Gasteiger partial charge in [0.2, 0.25) is 5.43 Å². The average molecular weight is 278 g/mol. The first kappa shape index (κ1) is 16.2. The standard InChI is InChI=1S/C16H22O4/c1-10(2)12-7-8-13(14(17)11(3)9-12)19-15(18)20-16(4,5)6/h7-10H,1-6H3. The molecule has 0 bridgehead atoms. The van der Waals surface area contributed by atoms with Crippen LogP contribution in [0.25, 0.3) is 0 Å². The van der Waals surface area contributed by atoms with Crippen LogP contribution in [0.3, 0.4) is 0 Å². The average Bonchev–Trinajstić information content (AvgIpc) is 2.40. The van der Waals surface area contributed by atoms with Gasteiger partial charge in [0.1, 0.15) is 5.60 Å². The molecular formula is C16H22O4. The van der Waals surface area contributed by atoms with Crippen LogP contribution in [0.1, 0.15) is 51.7 Å². The molecule has 0 amide bonds. The Hall–Kier alpha value is -1.84. The highest BCUT2D eigenvalue weighted by Crippen LogP contribution is 2.16. The summed E-state index contributed by atoms with van der Waals surface area (Å²) in [6, 6.07) is 5.13. The molecule has 0 N–H and O–H groups in total. The molecule has 4 heteroatoms. The first-order chi connectivity index (χ1) is 9.10. The molecule has 0 aliphatic rings. The van der Waals surface area contributed by atoms with Gasteiger partial charge in [0.05, 0.1) is 0 Å². The highest BCUT2D eigenvalue weighted by molar-refractivity contribution is 5.64. The van der Waals surface area contributed by atoms with Crippen LogP contribution in [0.2, 0.25) is 0 Å². The summed E-state index contributed by atoms with van der Waals surface area (Å²) in [5, 5.41) is 0. The van der Waals surface area contributed by atoms with Gasteiger partial charge in [-0.3, -0.25) is 4.79 Å². The molecule has 20 heavy (non-hydrogen) atoms. The van der Waals surface area contributed by atoms with Crippen LogP contribution >= 0.6 is 0 Å². The fourth-order valence-electron chi connectivity index (χ4n) is 1.61. The van der Waals surface area contributed by atoms with Gasteiger partial charge < -0.3 is 9.47 Å². The van der Waals surface area contributed by atoms with E-state index in [1.807, 2.05) is 19.9 Å². The summed E-state index contributed by atoms with van der Waals surface area (Å²) in [6.07, 6.45) is -0.869. The molecule has 1 aromatic rings. The number of carbonyl (C=O) groups excluding carboxylic acids is 1. The van der Waals surface area contributed by atoms with Gasteiger partial charge in [-0.2, -0.15) is 0 Å². The van der Waals surface area contributed by atoms with Crippen LogP contribution in [0.15, 0.2) is 23.0 Å². The zero-order valence-corrected chi connectivity index (χ0v) is 12.9. The summed E-state index contributed by atoms with van der Waals surface area (Å²) < 4.78 is 10.1. The maximum Gasteiger partial charge on any atom is 0.514 e. The predicted molar refractivity (Wildman–Crippen MR) is 78.4 cm³/mol. The number of rotatable bonds is 2. The van der Waals surface area contributed by atoms with E-state index in [0.29, 0.717) is 5.56 Å². The zero-order chi connectivity index (χ0) is 15.5. The van der Waals surface area contributed by atoms with Gasteiger partial charge in [-0.15, -0.1) is 0 Å². The van der Waals surface area contributed by atoms with E-state index < -0.39 is 11.8 Å².